The molecule has 0 heterocycles. The molecule has 1 aromatic rings. The Morgan fingerprint density at radius 3 is 2.68 bits per heavy atom. The molecule has 0 saturated carbocycles. The van der Waals surface area contributed by atoms with E-state index in [1.54, 1.807) is 6.92 Å². The molecule has 1 N–H and O–H groups in total. The van der Waals surface area contributed by atoms with Crippen molar-refractivity contribution in [2.75, 3.05) is 12.5 Å². The fourth-order valence-electron chi connectivity index (χ4n) is 1.29. The summed E-state index contributed by atoms with van der Waals surface area (Å²) in [5, 5.41) is 13.3. The molecule has 22 heavy (non-hydrogen) atoms. The zero-order chi connectivity index (χ0) is 16.8. The van der Waals surface area contributed by atoms with Crippen LogP contribution in [0.3, 0.4) is 0 Å². The van der Waals surface area contributed by atoms with Crippen molar-refractivity contribution in [1.82, 2.24) is 5.32 Å². The second kappa shape index (κ2) is 8.93. The number of nitrogens with zero attached hydrogens (tertiary/aromatic N) is 1. The average molecular weight is 406 g/mol. The molecule has 0 aliphatic heterocycles. The Hall–Kier alpha value is -0.540. The van der Waals surface area contributed by atoms with Gasteiger partial charge in [0, 0.05) is 22.6 Å². The van der Waals surface area contributed by atoms with Crippen molar-refractivity contribution >= 4 is 68.2 Å². The highest BCUT2D eigenvalue weighted by molar-refractivity contribution is 8.76. The number of benzene rings is 1. The van der Waals surface area contributed by atoms with Gasteiger partial charge in [0.05, 0.1) is 17.4 Å². The molecule has 11 heteroatoms. The Morgan fingerprint density at radius 1 is 1.45 bits per heavy atom. The molecule has 0 aliphatic rings. The lowest BCUT2D eigenvalue weighted by Crippen LogP contribution is -2.23. The maximum atomic E-state index is 11.1. The molecule has 1 aromatic carbocycles. The monoisotopic (exact) mass is 404 g/mol. The van der Waals surface area contributed by atoms with Crippen LogP contribution < -0.4 is 5.32 Å². The van der Waals surface area contributed by atoms with Crippen LogP contribution in [-0.2, 0) is 8.53 Å². The largest absolute Gasteiger partial charge is 0.450 e. The quantitative estimate of drug-likeness (QED) is 0.182. The number of alkyl carbamates (subject to hydrolysis) is 1. The van der Waals surface area contributed by atoms with E-state index in [2.05, 4.69) is 5.32 Å². The summed E-state index contributed by atoms with van der Waals surface area (Å²) in [4.78, 5) is 21.9. The Bertz CT molecular complexity index is 555. The van der Waals surface area contributed by atoms with Gasteiger partial charge in [-0.25, -0.2) is 4.79 Å². The van der Waals surface area contributed by atoms with Crippen LogP contribution in [0.25, 0.3) is 0 Å². The second-order valence-corrected chi connectivity index (χ2v) is 8.30. The Labute approximate surface area is 149 Å². The van der Waals surface area contributed by atoms with Gasteiger partial charge in [0.15, 0.2) is 0 Å². The minimum Gasteiger partial charge on any atom is -0.450 e. The fraction of sp³-hybridized carbons (Fsp3) is 0.364. The van der Waals surface area contributed by atoms with Crippen LogP contribution >= 0.6 is 56.4 Å². The second-order valence-electron chi connectivity index (χ2n) is 3.68. The lowest BCUT2D eigenvalue weighted by molar-refractivity contribution is -0.385. The lowest BCUT2D eigenvalue weighted by atomic mass is 10.2. The van der Waals surface area contributed by atoms with Crippen molar-refractivity contribution in [2.24, 2.45) is 0 Å². The molecule has 1 rings (SSSR count). The average Bonchev–Trinajstić information content (AvgIpc) is 2.42. The van der Waals surface area contributed by atoms with Crippen molar-refractivity contribution in [3.05, 3.63) is 33.9 Å². The number of nitro benzene ring substituents is 1. The zero-order valence-electron chi connectivity index (χ0n) is 11.2. The van der Waals surface area contributed by atoms with Crippen molar-refractivity contribution in [2.45, 2.75) is 15.6 Å². The maximum Gasteiger partial charge on any atom is 0.407 e. The minimum absolute atomic E-state index is 0.166. The van der Waals surface area contributed by atoms with E-state index in [1.807, 2.05) is 0 Å². The van der Waals surface area contributed by atoms with Crippen LogP contribution in [0, 0.1) is 10.1 Å². The SMILES string of the molecule is CCOC(=O)NCSSc1ccc([N+](=O)[O-])cc1C(Cl)(Cl)Cl. The first-order valence-corrected chi connectivity index (χ1v) is 9.26. The van der Waals surface area contributed by atoms with Crippen LogP contribution in [-0.4, -0.2) is 23.5 Å². The molecule has 0 fully saturated rings. The van der Waals surface area contributed by atoms with Crippen LogP contribution in [0.2, 0.25) is 0 Å². The van der Waals surface area contributed by atoms with Gasteiger partial charge in [0.2, 0.25) is 3.79 Å². The molecule has 0 radical (unpaired) electrons. The van der Waals surface area contributed by atoms with E-state index in [0.29, 0.717) is 4.90 Å². The van der Waals surface area contributed by atoms with E-state index >= 15 is 0 Å². The van der Waals surface area contributed by atoms with Crippen LogP contribution in [0.15, 0.2) is 23.1 Å². The molecule has 1 amide bonds. The number of nitrogens with one attached hydrogen (secondary N) is 1. The summed E-state index contributed by atoms with van der Waals surface area (Å²) in [7, 11) is 2.49. The molecule has 0 saturated heterocycles. The number of amides is 1. The van der Waals surface area contributed by atoms with Gasteiger partial charge in [0.1, 0.15) is 0 Å². The van der Waals surface area contributed by atoms with Gasteiger partial charge in [0.25, 0.3) is 5.69 Å². The third kappa shape index (κ3) is 6.29. The van der Waals surface area contributed by atoms with Crippen molar-refractivity contribution in [1.29, 1.82) is 0 Å². The number of carbonyl (C=O) groups is 1. The predicted molar refractivity (Wildman–Crippen MR) is 90.8 cm³/mol. The lowest BCUT2D eigenvalue weighted by Gasteiger charge is -2.15. The molecule has 0 atom stereocenters. The molecule has 0 aromatic heterocycles. The van der Waals surface area contributed by atoms with Gasteiger partial charge in [-0.3, -0.25) is 10.1 Å². The summed E-state index contributed by atoms with van der Waals surface area (Å²) in [5.74, 6) is 0.264. The Balaban J connectivity index is 2.74. The van der Waals surface area contributed by atoms with Gasteiger partial charge in [-0.2, -0.15) is 0 Å². The number of carbonyl (C=O) groups excluding carboxylic acids is 1. The highest BCUT2D eigenvalue weighted by Crippen LogP contribution is 2.46. The molecule has 122 valence electrons. The van der Waals surface area contributed by atoms with Gasteiger partial charge in [-0.1, -0.05) is 56.4 Å². The van der Waals surface area contributed by atoms with E-state index in [1.165, 1.54) is 39.8 Å². The normalized spacial score (nSPS) is 11.1. The van der Waals surface area contributed by atoms with Gasteiger partial charge >= 0.3 is 6.09 Å². The van der Waals surface area contributed by atoms with Gasteiger partial charge in [-0.15, -0.1) is 0 Å². The highest BCUT2D eigenvalue weighted by Gasteiger charge is 2.28. The molecule has 0 unspecified atom stereocenters. The number of hydrogen-bond acceptors (Lipinski definition) is 6. The molecule has 6 nitrogen and oxygen atoms in total. The summed E-state index contributed by atoms with van der Waals surface area (Å²) >= 11 is 17.5. The Morgan fingerprint density at radius 2 is 2.14 bits per heavy atom. The van der Waals surface area contributed by atoms with Crippen molar-refractivity contribution in [3.63, 3.8) is 0 Å². The number of alkyl halides is 3. The Kier molecular flexibility index (Phi) is 7.92. The summed E-state index contributed by atoms with van der Waals surface area (Å²) < 4.78 is 2.92. The summed E-state index contributed by atoms with van der Waals surface area (Å²) in [6, 6.07) is 4.04. The van der Waals surface area contributed by atoms with E-state index < -0.39 is 14.8 Å². The minimum atomic E-state index is -1.79. The van der Waals surface area contributed by atoms with Crippen LogP contribution in [0.4, 0.5) is 10.5 Å². The van der Waals surface area contributed by atoms with Crippen LogP contribution in [0.1, 0.15) is 12.5 Å². The number of non-ortho nitro benzene ring substituents is 1. The molecule has 0 spiro atoms. The summed E-state index contributed by atoms with van der Waals surface area (Å²) in [6.45, 7) is 1.98. The first-order chi connectivity index (χ1) is 10.3. The topological polar surface area (TPSA) is 81.5 Å². The summed E-state index contributed by atoms with van der Waals surface area (Å²) in [6.07, 6.45) is -0.527. The third-order valence-corrected chi connectivity index (χ3v) is 4.95. The van der Waals surface area contributed by atoms with Gasteiger partial charge in [-0.05, 0) is 13.0 Å². The first kappa shape index (κ1) is 19.5. The van der Waals surface area contributed by atoms with Crippen molar-refractivity contribution in [3.8, 4) is 0 Å². The zero-order valence-corrected chi connectivity index (χ0v) is 15.1. The van der Waals surface area contributed by atoms with Crippen LogP contribution in [0.5, 0.6) is 0 Å². The third-order valence-electron chi connectivity index (χ3n) is 2.18. The molecule has 0 aliphatic carbocycles. The van der Waals surface area contributed by atoms with E-state index in [-0.39, 0.29) is 23.7 Å². The number of nitro groups is 1. The van der Waals surface area contributed by atoms with E-state index in [9.17, 15) is 14.9 Å². The number of ether oxygens (including phenoxy) is 1. The van der Waals surface area contributed by atoms with E-state index in [4.69, 9.17) is 39.5 Å². The van der Waals surface area contributed by atoms with Gasteiger partial charge < -0.3 is 10.1 Å². The number of halogens is 3. The predicted octanol–water partition coefficient (Wildman–Crippen LogP) is 4.87. The smallest absolute Gasteiger partial charge is 0.407 e. The molecular weight excluding hydrogens is 395 g/mol. The van der Waals surface area contributed by atoms with E-state index in [0.717, 1.165) is 0 Å². The fourth-order valence-corrected chi connectivity index (χ4v) is 3.88. The first-order valence-electron chi connectivity index (χ1n) is 5.81. The highest BCUT2D eigenvalue weighted by atomic mass is 35.6. The molecular formula is C11H11Cl3N2O4S2. The number of rotatable bonds is 6. The van der Waals surface area contributed by atoms with Crippen molar-refractivity contribution < 1.29 is 14.5 Å². The molecule has 0 bridgehead atoms. The maximum absolute atomic E-state index is 11.1. The summed E-state index contributed by atoms with van der Waals surface area (Å²) in [5.41, 5.74) is 0.0423. The standard InChI is InChI=1S/C11H11Cl3N2O4S2/c1-2-20-10(17)15-6-21-22-9-4-3-7(16(18)19)5-8(9)11(12,13)14/h3-5H,2,6H2,1H3,(H,15,17). The number of hydrogen-bond donors (Lipinski definition) is 1.